The van der Waals surface area contributed by atoms with E-state index in [4.69, 9.17) is 5.26 Å². The van der Waals surface area contributed by atoms with Crippen LogP contribution in [0.15, 0.2) is 48.7 Å². The summed E-state index contributed by atoms with van der Waals surface area (Å²) in [7, 11) is 0. The van der Waals surface area contributed by atoms with E-state index >= 15 is 0 Å². The zero-order valence-electron chi connectivity index (χ0n) is 9.74. The van der Waals surface area contributed by atoms with Gasteiger partial charge in [0.1, 0.15) is 11.9 Å². The van der Waals surface area contributed by atoms with Crippen LogP contribution in [-0.4, -0.2) is 16.7 Å². The van der Waals surface area contributed by atoms with Gasteiger partial charge in [-0.2, -0.15) is 5.26 Å². The average molecular weight is 239 g/mol. The lowest BCUT2D eigenvalue weighted by Crippen LogP contribution is -2.15. The molecule has 90 valence electrons. The van der Waals surface area contributed by atoms with Gasteiger partial charge in [-0.1, -0.05) is 30.3 Å². The zero-order chi connectivity index (χ0) is 12.8. The van der Waals surface area contributed by atoms with Gasteiger partial charge in [0.2, 0.25) is 0 Å². The van der Waals surface area contributed by atoms with Crippen molar-refractivity contribution in [3.63, 3.8) is 0 Å². The van der Waals surface area contributed by atoms with E-state index in [1.807, 2.05) is 36.4 Å². The Balaban J connectivity index is 2.13. The van der Waals surface area contributed by atoms with Gasteiger partial charge in [-0.05, 0) is 17.7 Å². The topological polar surface area (TPSA) is 68.9 Å². The summed E-state index contributed by atoms with van der Waals surface area (Å²) in [5.74, 6) is 0.636. The molecule has 0 radical (unpaired) electrons. The van der Waals surface area contributed by atoms with Gasteiger partial charge < -0.3 is 10.4 Å². The molecule has 2 N–H and O–H groups in total. The fourth-order valence-corrected chi connectivity index (χ4v) is 1.64. The van der Waals surface area contributed by atoms with Crippen LogP contribution in [0.1, 0.15) is 17.2 Å². The molecule has 0 saturated heterocycles. The van der Waals surface area contributed by atoms with Gasteiger partial charge in [-0.15, -0.1) is 0 Å². The number of aromatic nitrogens is 1. The minimum Gasteiger partial charge on any atom is -0.394 e. The molecule has 4 nitrogen and oxygen atoms in total. The summed E-state index contributed by atoms with van der Waals surface area (Å²) in [6, 6.07) is 14.9. The summed E-state index contributed by atoms with van der Waals surface area (Å²) >= 11 is 0. The zero-order valence-corrected chi connectivity index (χ0v) is 9.74. The second-order valence-corrected chi connectivity index (χ2v) is 3.83. The molecule has 0 saturated carbocycles. The summed E-state index contributed by atoms with van der Waals surface area (Å²) < 4.78 is 0. The molecule has 1 atom stereocenters. The number of nitrogens with one attached hydrogen (secondary N) is 1. The van der Waals surface area contributed by atoms with E-state index in [0.717, 1.165) is 5.56 Å². The SMILES string of the molecule is N#Cc1ccc(NC(CO)c2ccccc2)nc1. The lowest BCUT2D eigenvalue weighted by molar-refractivity contribution is 0.276. The lowest BCUT2D eigenvalue weighted by Gasteiger charge is -2.17. The van der Waals surface area contributed by atoms with E-state index in [2.05, 4.69) is 10.3 Å². The number of nitrogens with zero attached hydrogens (tertiary/aromatic N) is 2. The molecular formula is C14H13N3O. The molecule has 1 aromatic heterocycles. The minimum absolute atomic E-state index is 0.0221. The molecule has 0 bridgehead atoms. The maximum absolute atomic E-state index is 9.40. The van der Waals surface area contributed by atoms with Gasteiger partial charge in [0.15, 0.2) is 0 Å². The first-order valence-corrected chi connectivity index (χ1v) is 5.62. The highest BCUT2D eigenvalue weighted by Gasteiger charge is 2.09. The molecule has 1 aromatic carbocycles. The first-order chi connectivity index (χ1) is 8.83. The predicted octanol–water partition coefficient (Wildman–Crippen LogP) is 2.10. The smallest absolute Gasteiger partial charge is 0.126 e. The molecule has 2 aromatic rings. The Hall–Kier alpha value is -2.38. The van der Waals surface area contributed by atoms with Crippen molar-refractivity contribution >= 4 is 5.82 Å². The second kappa shape index (κ2) is 5.80. The van der Waals surface area contributed by atoms with Crippen LogP contribution in [0.3, 0.4) is 0 Å². The largest absolute Gasteiger partial charge is 0.394 e. The highest BCUT2D eigenvalue weighted by atomic mass is 16.3. The summed E-state index contributed by atoms with van der Waals surface area (Å²) in [6.07, 6.45) is 1.50. The van der Waals surface area contributed by atoms with Gasteiger partial charge in [-0.3, -0.25) is 0 Å². The van der Waals surface area contributed by atoms with Crippen molar-refractivity contribution in [2.45, 2.75) is 6.04 Å². The van der Waals surface area contributed by atoms with Crippen LogP contribution in [0.25, 0.3) is 0 Å². The van der Waals surface area contributed by atoms with Crippen LogP contribution in [0.2, 0.25) is 0 Å². The Kier molecular flexibility index (Phi) is 3.90. The number of aliphatic hydroxyl groups is 1. The molecule has 0 fully saturated rings. The van der Waals surface area contributed by atoms with Crippen LogP contribution in [0.4, 0.5) is 5.82 Å². The second-order valence-electron chi connectivity index (χ2n) is 3.83. The third-order valence-corrected chi connectivity index (χ3v) is 2.60. The molecule has 1 unspecified atom stereocenters. The molecule has 18 heavy (non-hydrogen) atoms. The van der Waals surface area contributed by atoms with Gasteiger partial charge in [0, 0.05) is 6.20 Å². The van der Waals surface area contributed by atoms with E-state index < -0.39 is 0 Å². The van der Waals surface area contributed by atoms with Crippen molar-refractivity contribution in [1.29, 1.82) is 5.26 Å². The van der Waals surface area contributed by atoms with Crippen LogP contribution >= 0.6 is 0 Å². The van der Waals surface area contributed by atoms with E-state index in [0.29, 0.717) is 11.4 Å². The third kappa shape index (κ3) is 2.84. The Morgan fingerprint density at radius 2 is 2.00 bits per heavy atom. The highest BCUT2D eigenvalue weighted by molar-refractivity contribution is 5.41. The minimum atomic E-state index is -0.202. The van der Waals surface area contributed by atoms with Gasteiger partial charge in [-0.25, -0.2) is 4.98 Å². The normalized spacial score (nSPS) is 11.6. The molecule has 2 rings (SSSR count). The number of hydrogen-bond donors (Lipinski definition) is 2. The summed E-state index contributed by atoms with van der Waals surface area (Å²) in [5.41, 5.74) is 1.51. The van der Waals surface area contributed by atoms with E-state index in [-0.39, 0.29) is 12.6 Å². The Bertz CT molecular complexity index is 531. The Morgan fingerprint density at radius 3 is 2.56 bits per heavy atom. The first kappa shape index (κ1) is 12.1. The lowest BCUT2D eigenvalue weighted by atomic mass is 10.1. The maximum Gasteiger partial charge on any atom is 0.126 e. The van der Waals surface area contributed by atoms with Crippen molar-refractivity contribution in [2.24, 2.45) is 0 Å². The molecule has 4 heteroatoms. The third-order valence-electron chi connectivity index (χ3n) is 2.60. The maximum atomic E-state index is 9.40. The molecule has 0 aliphatic carbocycles. The summed E-state index contributed by atoms with van der Waals surface area (Å²) in [5, 5.41) is 21.2. The van der Waals surface area contributed by atoms with Crippen LogP contribution in [-0.2, 0) is 0 Å². The van der Waals surface area contributed by atoms with Crippen molar-refractivity contribution < 1.29 is 5.11 Å². The summed E-state index contributed by atoms with van der Waals surface area (Å²) in [6.45, 7) is -0.0221. The molecule has 0 aliphatic rings. The molecule has 0 spiro atoms. The Morgan fingerprint density at radius 1 is 1.22 bits per heavy atom. The predicted molar refractivity (Wildman–Crippen MR) is 68.8 cm³/mol. The number of benzene rings is 1. The van der Waals surface area contributed by atoms with Crippen molar-refractivity contribution in [3.8, 4) is 6.07 Å². The van der Waals surface area contributed by atoms with Crippen molar-refractivity contribution in [1.82, 2.24) is 4.98 Å². The molecule has 1 heterocycles. The van der Waals surface area contributed by atoms with E-state index in [9.17, 15) is 5.11 Å². The fraction of sp³-hybridized carbons (Fsp3) is 0.143. The molecule has 0 amide bonds. The van der Waals surface area contributed by atoms with Crippen LogP contribution in [0.5, 0.6) is 0 Å². The first-order valence-electron chi connectivity index (χ1n) is 5.62. The van der Waals surface area contributed by atoms with Gasteiger partial charge in [0.25, 0.3) is 0 Å². The van der Waals surface area contributed by atoms with Crippen LogP contribution < -0.4 is 5.32 Å². The van der Waals surface area contributed by atoms with Gasteiger partial charge >= 0.3 is 0 Å². The van der Waals surface area contributed by atoms with E-state index in [1.54, 1.807) is 12.1 Å². The number of hydrogen-bond acceptors (Lipinski definition) is 4. The number of pyridine rings is 1. The number of rotatable bonds is 4. The standard InChI is InChI=1S/C14H13N3O/c15-8-11-6-7-14(16-9-11)17-13(10-18)12-4-2-1-3-5-12/h1-7,9,13,18H,10H2,(H,16,17). The number of anilines is 1. The fourth-order valence-electron chi connectivity index (χ4n) is 1.64. The van der Waals surface area contributed by atoms with Gasteiger partial charge in [0.05, 0.1) is 18.2 Å². The quantitative estimate of drug-likeness (QED) is 0.857. The molecular weight excluding hydrogens is 226 g/mol. The van der Waals surface area contributed by atoms with E-state index in [1.165, 1.54) is 6.20 Å². The highest BCUT2D eigenvalue weighted by Crippen LogP contribution is 2.17. The molecule has 0 aliphatic heterocycles. The monoisotopic (exact) mass is 239 g/mol. The average Bonchev–Trinajstić information content (AvgIpc) is 2.46. The van der Waals surface area contributed by atoms with Crippen LogP contribution in [0, 0.1) is 11.3 Å². The summed E-state index contributed by atoms with van der Waals surface area (Å²) in [4.78, 5) is 4.12. The number of aliphatic hydroxyl groups excluding tert-OH is 1. The van der Waals surface area contributed by atoms with Crippen molar-refractivity contribution in [2.75, 3.05) is 11.9 Å². The Labute approximate surface area is 106 Å². The van der Waals surface area contributed by atoms with Crippen molar-refractivity contribution in [3.05, 3.63) is 59.8 Å². The number of nitriles is 1.